The number of nitrogens with zero attached hydrogens (tertiary/aromatic N) is 1. The SMILES string of the molecule is Cl.Fc1ccc(Cl)cc1[C@H](C1CCC1)N1CCNCC1. The van der Waals surface area contributed by atoms with Crippen LogP contribution in [0.3, 0.4) is 0 Å². The number of hydrogen-bond donors (Lipinski definition) is 1. The quantitative estimate of drug-likeness (QED) is 0.915. The molecule has 1 aliphatic heterocycles. The zero-order chi connectivity index (χ0) is 13.2. The zero-order valence-corrected chi connectivity index (χ0v) is 13.0. The Labute approximate surface area is 131 Å². The summed E-state index contributed by atoms with van der Waals surface area (Å²) < 4.78 is 14.2. The summed E-state index contributed by atoms with van der Waals surface area (Å²) in [7, 11) is 0. The molecule has 0 bridgehead atoms. The van der Waals surface area contributed by atoms with Crippen molar-refractivity contribution in [2.45, 2.75) is 25.3 Å². The van der Waals surface area contributed by atoms with Crippen molar-refractivity contribution in [3.8, 4) is 0 Å². The van der Waals surface area contributed by atoms with Crippen LogP contribution in [-0.4, -0.2) is 31.1 Å². The number of halogens is 3. The predicted molar refractivity (Wildman–Crippen MR) is 83.2 cm³/mol. The molecule has 1 atom stereocenters. The Balaban J connectivity index is 0.00000147. The van der Waals surface area contributed by atoms with Crippen LogP contribution in [0.5, 0.6) is 0 Å². The highest BCUT2D eigenvalue weighted by Gasteiger charge is 2.35. The first-order valence-electron chi connectivity index (χ1n) is 7.15. The van der Waals surface area contributed by atoms with Gasteiger partial charge in [0.25, 0.3) is 0 Å². The van der Waals surface area contributed by atoms with Crippen molar-refractivity contribution in [1.82, 2.24) is 10.2 Å². The first kappa shape index (κ1) is 16.0. The minimum Gasteiger partial charge on any atom is -0.314 e. The van der Waals surface area contributed by atoms with Crippen molar-refractivity contribution in [3.05, 3.63) is 34.6 Å². The molecular formula is C15H21Cl2FN2. The average Bonchev–Trinajstić information content (AvgIpc) is 2.38. The van der Waals surface area contributed by atoms with Gasteiger partial charge in [-0.15, -0.1) is 12.4 Å². The Hall–Kier alpha value is -0.350. The normalized spacial score (nSPS) is 21.9. The van der Waals surface area contributed by atoms with Gasteiger partial charge in [-0.2, -0.15) is 0 Å². The number of rotatable bonds is 3. The lowest BCUT2D eigenvalue weighted by atomic mass is 9.76. The van der Waals surface area contributed by atoms with E-state index in [1.165, 1.54) is 25.3 Å². The molecule has 1 N–H and O–H groups in total. The smallest absolute Gasteiger partial charge is 0.128 e. The van der Waals surface area contributed by atoms with Crippen LogP contribution in [0.15, 0.2) is 18.2 Å². The van der Waals surface area contributed by atoms with E-state index in [-0.39, 0.29) is 24.3 Å². The third-order valence-electron chi connectivity index (χ3n) is 4.42. The van der Waals surface area contributed by atoms with Gasteiger partial charge >= 0.3 is 0 Å². The Morgan fingerprint density at radius 3 is 2.55 bits per heavy atom. The highest BCUT2D eigenvalue weighted by atomic mass is 35.5. The van der Waals surface area contributed by atoms with E-state index >= 15 is 0 Å². The van der Waals surface area contributed by atoms with Crippen molar-refractivity contribution in [3.63, 3.8) is 0 Å². The van der Waals surface area contributed by atoms with E-state index in [9.17, 15) is 4.39 Å². The Morgan fingerprint density at radius 2 is 1.95 bits per heavy atom. The number of benzene rings is 1. The Kier molecular flexibility index (Phi) is 5.67. The molecule has 2 nitrogen and oxygen atoms in total. The first-order valence-corrected chi connectivity index (χ1v) is 7.53. The van der Waals surface area contributed by atoms with E-state index in [2.05, 4.69) is 10.2 Å². The van der Waals surface area contributed by atoms with Crippen molar-refractivity contribution in [2.75, 3.05) is 26.2 Å². The molecule has 1 aromatic carbocycles. The minimum atomic E-state index is -0.111. The first-order chi connectivity index (χ1) is 9.25. The molecule has 2 fully saturated rings. The standard InChI is InChI=1S/C15H20ClFN2.ClH/c16-12-4-5-14(17)13(10-12)15(11-2-1-3-11)19-8-6-18-7-9-19;/h4-5,10-11,15,18H,1-3,6-9H2;1H/t15-;/m0./s1. The lowest BCUT2D eigenvalue weighted by molar-refractivity contribution is 0.0812. The van der Waals surface area contributed by atoms with Gasteiger partial charge in [-0.25, -0.2) is 4.39 Å². The molecule has 1 heterocycles. The fourth-order valence-corrected chi connectivity index (χ4v) is 3.39. The van der Waals surface area contributed by atoms with Crippen LogP contribution >= 0.6 is 24.0 Å². The summed E-state index contributed by atoms with van der Waals surface area (Å²) >= 11 is 6.07. The van der Waals surface area contributed by atoms with E-state index in [1.807, 2.05) is 6.07 Å². The van der Waals surface area contributed by atoms with E-state index in [0.29, 0.717) is 10.9 Å². The van der Waals surface area contributed by atoms with Gasteiger partial charge in [-0.3, -0.25) is 4.90 Å². The summed E-state index contributed by atoms with van der Waals surface area (Å²) in [5.74, 6) is 0.478. The van der Waals surface area contributed by atoms with Gasteiger partial charge in [0, 0.05) is 42.8 Å². The van der Waals surface area contributed by atoms with Gasteiger partial charge < -0.3 is 5.32 Å². The second kappa shape index (κ2) is 7.08. The summed E-state index contributed by atoms with van der Waals surface area (Å²) in [5, 5.41) is 4.00. The van der Waals surface area contributed by atoms with Crippen LogP contribution in [0.2, 0.25) is 5.02 Å². The molecule has 0 unspecified atom stereocenters. The topological polar surface area (TPSA) is 15.3 Å². The largest absolute Gasteiger partial charge is 0.314 e. The fraction of sp³-hybridized carbons (Fsp3) is 0.600. The van der Waals surface area contributed by atoms with Crippen LogP contribution in [0.1, 0.15) is 30.9 Å². The number of hydrogen-bond acceptors (Lipinski definition) is 2. The fourth-order valence-electron chi connectivity index (χ4n) is 3.21. The molecule has 1 saturated carbocycles. The summed E-state index contributed by atoms with van der Waals surface area (Å²) in [6.45, 7) is 3.97. The van der Waals surface area contributed by atoms with Crippen LogP contribution < -0.4 is 5.32 Å². The van der Waals surface area contributed by atoms with E-state index in [0.717, 1.165) is 31.7 Å². The van der Waals surface area contributed by atoms with E-state index in [4.69, 9.17) is 11.6 Å². The molecule has 5 heteroatoms. The Bertz CT molecular complexity index is 445. The van der Waals surface area contributed by atoms with E-state index < -0.39 is 0 Å². The van der Waals surface area contributed by atoms with Gasteiger partial charge in [0.15, 0.2) is 0 Å². The van der Waals surface area contributed by atoms with Gasteiger partial charge in [-0.05, 0) is 37.0 Å². The van der Waals surface area contributed by atoms with Gasteiger partial charge in [0.2, 0.25) is 0 Å². The minimum absolute atomic E-state index is 0. The molecule has 1 saturated heterocycles. The lowest BCUT2D eigenvalue weighted by Gasteiger charge is -2.43. The monoisotopic (exact) mass is 318 g/mol. The van der Waals surface area contributed by atoms with Crippen molar-refractivity contribution >= 4 is 24.0 Å². The molecule has 20 heavy (non-hydrogen) atoms. The van der Waals surface area contributed by atoms with Crippen LogP contribution in [-0.2, 0) is 0 Å². The zero-order valence-electron chi connectivity index (χ0n) is 11.4. The van der Waals surface area contributed by atoms with Crippen LogP contribution in [0.25, 0.3) is 0 Å². The lowest BCUT2D eigenvalue weighted by Crippen LogP contribution is -2.48. The van der Waals surface area contributed by atoms with Crippen molar-refractivity contribution in [2.24, 2.45) is 5.92 Å². The summed E-state index contributed by atoms with van der Waals surface area (Å²) in [6, 6.07) is 5.17. The maximum absolute atomic E-state index is 14.2. The maximum atomic E-state index is 14.2. The van der Waals surface area contributed by atoms with Gasteiger partial charge in [0.1, 0.15) is 5.82 Å². The number of nitrogens with one attached hydrogen (secondary N) is 1. The number of piperazine rings is 1. The van der Waals surface area contributed by atoms with Gasteiger partial charge in [-0.1, -0.05) is 18.0 Å². The molecule has 2 aliphatic rings. The molecule has 0 spiro atoms. The molecule has 0 aromatic heterocycles. The average molecular weight is 319 g/mol. The third-order valence-corrected chi connectivity index (χ3v) is 4.65. The van der Waals surface area contributed by atoms with Crippen molar-refractivity contribution < 1.29 is 4.39 Å². The predicted octanol–water partition coefficient (Wildman–Crippen LogP) is 3.65. The van der Waals surface area contributed by atoms with Crippen molar-refractivity contribution in [1.29, 1.82) is 0 Å². The summed E-state index contributed by atoms with van der Waals surface area (Å²) in [6.07, 6.45) is 3.69. The molecule has 3 rings (SSSR count). The second-order valence-corrected chi connectivity index (χ2v) is 6.02. The highest BCUT2D eigenvalue weighted by Crippen LogP contribution is 2.42. The second-order valence-electron chi connectivity index (χ2n) is 5.59. The highest BCUT2D eigenvalue weighted by molar-refractivity contribution is 6.30. The maximum Gasteiger partial charge on any atom is 0.128 e. The molecule has 112 valence electrons. The van der Waals surface area contributed by atoms with E-state index in [1.54, 1.807) is 6.07 Å². The van der Waals surface area contributed by atoms with Crippen LogP contribution in [0.4, 0.5) is 4.39 Å². The summed E-state index contributed by atoms with van der Waals surface area (Å²) in [5.41, 5.74) is 0.791. The molecular weight excluding hydrogens is 298 g/mol. The van der Waals surface area contributed by atoms with Crippen LogP contribution in [0, 0.1) is 11.7 Å². The summed E-state index contributed by atoms with van der Waals surface area (Å²) in [4.78, 5) is 2.43. The third kappa shape index (κ3) is 3.28. The molecule has 0 amide bonds. The molecule has 1 aromatic rings. The molecule has 0 radical (unpaired) electrons. The molecule has 1 aliphatic carbocycles. The Morgan fingerprint density at radius 1 is 1.25 bits per heavy atom. The van der Waals surface area contributed by atoms with Gasteiger partial charge in [0.05, 0.1) is 0 Å².